The van der Waals surface area contributed by atoms with Gasteiger partial charge in [-0.2, -0.15) is 0 Å². The average molecular weight is 298 g/mol. The Kier molecular flexibility index (Phi) is 4.18. The van der Waals surface area contributed by atoms with E-state index in [4.69, 9.17) is 4.42 Å². The monoisotopic (exact) mass is 298 g/mol. The van der Waals surface area contributed by atoms with Gasteiger partial charge in [0.2, 0.25) is 5.91 Å². The summed E-state index contributed by atoms with van der Waals surface area (Å²) in [6.07, 6.45) is 2.72. The van der Waals surface area contributed by atoms with E-state index in [2.05, 4.69) is 34.5 Å². The summed E-state index contributed by atoms with van der Waals surface area (Å²) < 4.78 is 5.62. The lowest BCUT2D eigenvalue weighted by molar-refractivity contribution is -0.124. The maximum absolute atomic E-state index is 11.9. The van der Waals surface area contributed by atoms with E-state index in [0.29, 0.717) is 6.54 Å². The van der Waals surface area contributed by atoms with Crippen molar-refractivity contribution in [1.29, 1.82) is 0 Å². The topological polar surface area (TPSA) is 45.5 Å². The van der Waals surface area contributed by atoms with Crippen molar-refractivity contribution >= 4 is 11.6 Å². The van der Waals surface area contributed by atoms with Gasteiger partial charge in [0.15, 0.2) is 0 Å². The van der Waals surface area contributed by atoms with Crippen LogP contribution >= 0.6 is 0 Å². The smallest absolute Gasteiger partial charge is 0.222 e. The second-order valence-electron chi connectivity index (χ2n) is 6.00. The molecule has 0 saturated carbocycles. The summed E-state index contributed by atoms with van der Waals surface area (Å²) in [6.45, 7) is 5.31. The predicted molar refractivity (Wildman–Crippen MR) is 86.8 cm³/mol. The van der Waals surface area contributed by atoms with Crippen molar-refractivity contribution in [2.24, 2.45) is 5.92 Å². The third kappa shape index (κ3) is 2.86. The lowest BCUT2D eigenvalue weighted by atomic mass is 10.1. The minimum Gasteiger partial charge on any atom is -0.467 e. The summed E-state index contributed by atoms with van der Waals surface area (Å²) in [5, 5.41) is 3.04. The third-order valence-electron chi connectivity index (χ3n) is 4.16. The number of hydrogen-bond donors (Lipinski definition) is 1. The fraction of sp³-hybridized carbons (Fsp3) is 0.389. The maximum Gasteiger partial charge on any atom is 0.222 e. The first-order valence-corrected chi connectivity index (χ1v) is 7.82. The molecule has 0 aliphatic carbocycles. The highest BCUT2D eigenvalue weighted by atomic mass is 16.3. The molecular formula is C18H22N2O2. The lowest BCUT2D eigenvalue weighted by Gasteiger charge is -2.29. The van der Waals surface area contributed by atoms with E-state index in [-0.39, 0.29) is 17.9 Å². The fourth-order valence-electron chi connectivity index (χ4n) is 2.93. The molecule has 22 heavy (non-hydrogen) atoms. The Hall–Kier alpha value is -2.23. The normalized spacial score (nSPS) is 15.0. The zero-order valence-corrected chi connectivity index (χ0v) is 13.1. The second-order valence-corrected chi connectivity index (χ2v) is 6.00. The van der Waals surface area contributed by atoms with E-state index >= 15 is 0 Å². The Bertz CT molecular complexity index is 634. The summed E-state index contributed by atoms with van der Waals surface area (Å²) >= 11 is 0. The Morgan fingerprint density at radius 3 is 2.82 bits per heavy atom. The molecule has 0 saturated heterocycles. The maximum atomic E-state index is 11.9. The number of fused-ring (bicyclic) bond motifs is 1. The Labute approximate surface area is 131 Å². The van der Waals surface area contributed by atoms with Gasteiger partial charge in [0.25, 0.3) is 0 Å². The van der Waals surface area contributed by atoms with Crippen molar-refractivity contribution < 1.29 is 9.21 Å². The lowest BCUT2D eigenvalue weighted by Crippen LogP contribution is -2.38. The number of amides is 1. The highest BCUT2D eigenvalue weighted by molar-refractivity contribution is 5.78. The summed E-state index contributed by atoms with van der Waals surface area (Å²) in [4.78, 5) is 14.2. The van der Waals surface area contributed by atoms with Gasteiger partial charge in [0.05, 0.1) is 6.26 Å². The highest BCUT2D eigenvalue weighted by Crippen LogP contribution is 2.34. The SMILES string of the molecule is CC(C)C(=O)NC[C@@H](c1ccco1)N1CCc2ccccc21. The molecule has 1 aromatic carbocycles. The van der Waals surface area contributed by atoms with Crippen LogP contribution in [0.25, 0.3) is 0 Å². The van der Waals surface area contributed by atoms with Crippen molar-refractivity contribution in [1.82, 2.24) is 5.32 Å². The van der Waals surface area contributed by atoms with Crippen LogP contribution in [0, 0.1) is 5.92 Å². The van der Waals surface area contributed by atoms with Crippen molar-refractivity contribution in [3.8, 4) is 0 Å². The molecule has 1 aliphatic heterocycles. The van der Waals surface area contributed by atoms with Crippen molar-refractivity contribution in [2.45, 2.75) is 26.3 Å². The zero-order valence-electron chi connectivity index (χ0n) is 13.1. The number of anilines is 1. The fourth-order valence-corrected chi connectivity index (χ4v) is 2.93. The van der Waals surface area contributed by atoms with Crippen LogP contribution in [0.2, 0.25) is 0 Å². The Balaban J connectivity index is 1.83. The molecule has 4 nitrogen and oxygen atoms in total. The van der Waals surface area contributed by atoms with Gasteiger partial charge in [-0.05, 0) is 30.2 Å². The number of benzene rings is 1. The minimum absolute atomic E-state index is 0.0110. The quantitative estimate of drug-likeness (QED) is 0.922. The molecule has 1 N–H and O–H groups in total. The van der Waals surface area contributed by atoms with Gasteiger partial charge in [0.1, 0.15) is 11.8 Å². The Morgan fingerprint density at radius 2 is 2.09 bits per heavy atom. The predicted octanol–water partition coefficient (Wildman–Crippen LogP) is 3.16. The van der Waals surface area contributed by atoms with E-state index in [0.717, 1.165) is 18.7 Å². The first-order valence-electron chi connectivity index (χ1n) is 7.82. The number of carbonyl (C=O) groups excluding carboxylic acids is 1. The van der Waals surface area contributed by atoms with Crippen molar-refractivity contribution in [2.75, 3.05) is 18.0 Å². The first-order chi connectivity index (χ1) is 10.7. The highest BCUT2D eigenvalue weighted by Gasteiger charge is 2.29. The van der Waals surface area contributed by atoms with Crippen LogP contribution in [-0.4, -0.2) is 19.0 Å². The van der Waals surface area contributed by atoms with Crippen molar-refractivity contribution in [3.63, 3.8) is 0 Å². The number of hydrogen-bond acceptors (Lipinski definition) is 3. The standard InChI is InChI=1S/C18H22N2O2/c1-13(2)18(21)19-12-16(17-8-5-11-22-17)20-10-9-14-6-3-4-7-15(14)20/h3-8,11,13,16H,9-10,12H2,1-2H3,(H,19,21)/t16-/m0/s1. The van der Waals surface area contributed by atoms with E-state index in [1.807, 2.05) is 26.0 Å². The van der Waals surface area contributed by atoms with Crippen molar-refractivity contribution in [3.05, 3.63) is 54.0 Å². The molecule has 4 heteroatoms. The molecule has 1 amide bonds. The molecule has 0 spiro atoms. The van der Waals surface area contributed by atoms with E-state index < -0.39 is 0 Å². The van der Waals surface area contributed by atoms with E-state index in [9.17, 15) is 4.79 Å². The molecule has 0 fully saturated rings. The summed E-state index contributed by atoms with van der Waals surface area (Å²) in [5.74, 6) is 0.952. The molecule has 1 atom stereocenters. The number of furan rings is 1. The summed E-state index contributed by atoms with van der Waals surface area (Å²) in [5.41, 5.74) is 2.59. The largest absolute Gasteiger partial charge is 0.467 e. The van der Waals surface area contributed by atoms with Crippen LogP contribution in [0.15, 0.2) is 47.1 Å². The van der Waals surface area contributed by atoms with E-state index in [1.165, 1.54) is 11.3 Å². The van der Waals surface area contributed by atoms with Gasteiger partial charge in [-0.15, -0.1) is 0 Å². The third-order valence-corrected chi connectivity index (χ3v) is 4.16. The first kappa shape index (κ1) is 14.7. The molecule has 2 aromatic rings. The van der Waals surface area contributed by atoms with Crippen LogP contribution in [0.4, 0.5) is 5.69 Å². The van der Waals surface area contributed by atoms with Gasteiger partial charge >= 0.3 is 0 Å². The van der Waals surface area contributed by atoms with Gasteiger partial charge < -0.3 is 14.6 Å². The van der Waals surface area contributed by atoms with E-state index in [1.54, 1.807) is 6.26 Å². The molecule has 0 unspecified atom stereocenters. The average Bonchev–Trinajstić information content (AvgIpc) is 3.17. The van der Waals surface area contributed by atoms with Crippen LogP contribution in [-0.2, 0) is 11.2 Å². The number of para-hydroxylation sites is 1. The van der Waals surface area contributed by atoms with Crippen LogP contribution in [0.3, 0.4) is 0 Å². The van der Waals surface area contributed by atoms with Crippen LogP contribution in [0.1, 0.15) is 31.2 Å². The summed E-state index contributed by atoms with van der Waals surface area (Å²) in [7, 11) is 0. The molecular weight excluding hydrogens is 276 g/mol. The second kappa shape index (κ2) is 6.26. The Morgan fingerprint density at radius 1 is 1.27 bits per heavy atom. The molecule has 1 aliphatic rings. The molecule has 0 radical (unpaired) electrons. The molecule has 2 heterocycles. The number of nitrogens with zero attached hydrogens (tertiary/aromatic N) is 1. The van der Waals surface area contributed by atoms with Gasteiger partial charge in [-0.1, -0.05) is 32.0 Å². The summed E-state index contributed by atoms with van der Waals surface area (Å²) in [6, 6.07) is 12.3. The van der Waals surface area contributed by atoms with Gasteiger partial charge in [-0.25, -0.2) is 0 Å². The molecule has 3 rings (SSSR count). The number of carbonyl (C=O) groups is 1. The van der Waals surface area contributed by atoms with Gasteiger partial charge in [0, 0.05) is 24.7 Å². The zero-order chi connectivity index (χ0) is 15.5. The van der Waals surface area contributed by atoms with Crippen LogP contribution < -0.4 is 10.2 Å². The number of rotatable bonds is 5. The minimum atomic E-state index is -0.0110. The molecule has 0 bridgehead atoms. The molecule has 1 aromatic heterocycles. The van der Waals surface area contributed by atoms with Gasteiger partial charge in [-0.3, -0.25) is 4.79 Å². The molecule has 116 valence electrons. The van der Waals surface area contributed by atoms with Crippen LogP contribution in [0.5, 0.6) is 0 Å². The number of nitrogens with one attached hydrogen (secondary N) is 1.